The van der Waals surface area contributed by atoms with Gasteiger partial charge in [-0.05, 0) is 31.2 Å². The lowest BCUT2D eigenvalue weighted by Crippen LogP contribution is -2.50. The Labute approximate surface area is 114 Å². The van der Waals surface area contributed by atoms with Gasteiger partial charge in [0.25, 0.3) is 0 Å². The molecule has 0 radical (unpaired) electrons. The van der Waals surface area contributed by atoms with E-state index in [0.717, 1.165) is 17.9 Å². The summed E-state index contributed by atoms with van der Waals surface area (Å²) in [7, 11) is 0. The molecule has 2 nitrogen and oxygen atoms in total. The molecule has 1 unspecified atom stereocenters. The first-order valence-corrected chi connectivity index (χ1v) is 8.23. The van der Waals surface area contributed by atoms with Crippen LogP contribution < -0.4 is 5.32 Å². The van der Waals surface area contributed by atoms with Gasteiger partial charge in [0, 0.05) is 25.7 Å². The minimum atomic E-state index is 0.759. The Balaban J connectivity index is 1.63. The third-order valence-electron chi connectivity index (χ3n) is 4.97. The van der Waals surface area contributed by atoms with Crippen LogP contribution >= 0.6 is 0 Å². The van der Waals surface area contributed by atoms with Gasteiger partial charge >= 0.3 is 0 Å². The summed E-state index contributed by atoms with van der Waals surface area (Å²) in [5, 5.41) is 3.65. The van der Waals surface area contributed by atoms with Crippen molar-refractivity contribution in [2.45, 2.75) is 64.8 Å². The van der Waals surface area contributed by atoms with E-state index in [9.17, 15) is 0 Å². The van der Waals surface area contributed by atoms with Crippen molar-refractivity contribution in [2.24, 2.45) is 11.8 Å². The van der Waals surface area contributed by atoms with Crippen LogP contribution in [0.2, 0.25) is 0 Å². The van der Waals surface area contributed by atoms with Crippen molar-refractivity contribution in [2.75, 3.05) is 26.2 Å². The highest BCUT2D eigenvalue weighted by Gasteiger charge is 2.21. The zero-order chi connectivity index (χ0) is 12.8. The van der Waals surface area contributed by atoms with Gasteiger partial charge in [-0.3, -0.25) is 0 Å². The lowest BCUT2D eigenvalue weighted by Gasteiger charge is -2.35. The molecule has 2 fully saturated rings. The molecule has 1 N–H and O–H groups in total. The molecule has 0 spiro atoms. The van der Waals surface area contributed by atoms with Gasteiger partial charge in [0.2, 0.25) is 0 Å². The fraction of sp³-hybridized carbons (Fsp3) is 1.00. The second-order valence-corrected chi connectivity index (χ2v) is 6.65. The number of nitrogens with one attached hydrogen (secondary N) is 1. The Morgan fingerprint density at radius 1 is 1.11 bits per heavy atom. The van der Waals surface area contributed by atoms with E-state index < -0.39 is 0 Å². The number of piperazine rings is 1. The monoisotopic (exact) mass is 252 g/mol. The van der Waals surface area contributed by atoms with Crippen molar-refractivity contribution < 1.29 is 0 Å². The van der Waals surface area contributed by atoms with Crippen molar-refractivity contribution >= 4 is 0 Å². The Kier molecular flexibility index (Phi) is 5.97. The van der Waals surface area contributed by atoms with E-state index >= 15 is 0 Å². The minimum absolute atomic E-state index is 0.759. The molecular weight excluding hydrogens is 220 g/mol. The molecule has 1 atom stereocenters. The maximum Gasteiger partial charge on any atom is 0.0195 e. The van der Waals surface area contributed by atoms with Crippen LogP contribution in [0.4, 0.5) is 0 Å². The van der Waals surface area contributed by atoms with E-state index in [4.69, 9.17) is 0 Å². The first-order chi connectivity index (χ1) is 8.78. The smallest absolute Gasteiger partial charge is 0.0195 e. The Morgan fingerprint density at radius 2 is 1.89 bits per heavy atom. The SMILES string of the molecule is CCCC1CN(CCC2CCC(C)CC2)CCN1. The normalized spacial score (nSPS) is 34.7. The molecule has 1 aliphatic carbocycles. The van der Waals surface area contributed by atoms with Gasteiger partial charge in [-0.2, -0.15) is 0 Å². The largest absolute Gasteiger partial charge is 0.311 e. The van der Waals surface area contributed by atoms with Crippen molar-refractivity contribution in [3.8, 4) is 0 Å². The van der Waals surface area contributed by atoms with E-state index in [2.05, 4.69) is 24.1 Å². The molecular formula is C16H32N2. The highest BCUT2D eigenvalue weighted by Crippen LogP contribution is 2.30. The van der Waals surface area contributed by atoms with Crippen LogP contribution in [0, 0.1) is 11.8 Å². The molecule has 2 aliphatic rings. The van der Waals surface area contributed by atoms with E-state index in [1.165, 1.54) is 71.1 Å². The standard InChI is InChI=1S/C16H32N2/c1-3-4-16-13-18(12-10-17-16)11-9-15-7-5-14(2)6-8-15/h14-17H,3-13H2,1-2H3. The molecule has 106 valence electrons. The summed E-state index contributed by atoms with van der Waals surface area (Å²) in [5.74, 6) is 2.02. The van der Waals surface area contributed by atoms with Gasteiger partial charge in [0.1, 0.15) is 0 Å². The van der Waals surface area contributed by atoms with Crippen LogP contribution in [0.15, 0.2) is 0 Å². The molecule has 0 aromatic heterocycles. The number of hydrogen-bond acceptors (Lipinski definition) is 2. The average Bonchev–Trinajstić information content (AvgIpc) is 2.39. The summed E-state index contributed by atoms with van der Waals surface area (Å²) in [6.45, 7) is 9.82. The summed E-state index contributed by atoms with van der Waals surface area (Å²) in [4.78, 5) is 2.70. The van der Waals surface area contributed by atoms with Gasteiger partial charge in [-0.1, -0.05) is 46.0 Å². The molecule has 1 saturated heterocycles. The average molecular weight is 252 g/mol. The van der Waals surface area contributed by atoms with Crippen LogP contribution in [0.1, 0.15) is 58.8 Å². The Hall–Kier alpha value is -0.0800. The van der Waals surface area contributed by atoms with Crippen molar-refractivity contribution in [3.63, 3.8) is 0 Å². The van der Waals surface area contributed by atoms with Gasteiger partial charge in [-0.25, -0.2) is 0 Å². The van der Waals surface area contributed by atoms with E-state index in [1.807, 2.05) is 0 Å². The third-order valence-corrected chi connectivity index (χ3v) is 4.97. The van der Waals surface area contributed by atoms with E-state index in [-0.39, 0.29) is 0 Å². The summed E-state index contributed by atoms with van der Waals surface area (Å²) < 4.78 is 0. The second kappa shape index (κ2) is 7.49. The van der Waals surface area contributed by atoms with Crippen molar-refractivity contribution in [3.05, 3.63) is 0 Å². The third kappa shape index (κ3) is 4.55. The van der Waals surface area contributed by atoms with Gasteiger partial charge in [-0.15, -0.1) is 0 Å². The van der Waals surface area contributed by atoms with E-state index in [1.54, 1.807) is 0 Å². The lowest BCUT2D eigenvalue weighted by atomic mass is 9.81. The quantitative estimate of drug-likeness (QED) is 0.808. The van der Waals surface area contributed by atoms with E-state index in [0.29, 0.717) is 0 Å². The topological polar surface area (TPSA) is 15.3 Å². The van der Waals surface area contributed by atoms with Crippen molar-refractivity contribution in [1.29, 1.82) is 0 Å². The molecule has 0 aromatic rings. The zero-order valence-corrected chi connectivity index (χ0v) is 12.5. The molecule has 0 aromatic carbocycles. The minimum Gasteiger partial charge on any atom is -0.311 e. The molecule has 2 rings (SSSR count). The van der Waals surface area contributed by atoms with Crippen molar-refractivity contribution in [1.82, 2.24) is 10.2 Å². The summed E-state index contributed by atoms with van der Waals surface area (Å²) >= 11 is 0. The summed E-state index contributed by atoms with van der Waals surface area (Å²) in [6.07, 6.45) is 10.0. The molecule has 1 saturated carbocycles. The molecule has 2 heteroatoms. The lowest BCUT2D eigenvalue weighted by molar-refractivity contribution is 0.170. The second-order valence-electron chi connectivity index (χ2n) is 6.65. The summed E-state index contributed by atoms with van der Waals surface area (Å²) in [6, 6.07) is 0.759. The zero-order valence-electron chi connectivity index (χ0n) is 12.5. The maximum absolute atomic E-state index is 3.65. The predicted octanol–water partition coefficient (Wildman–Crippen LogP) is 3.28. The first-order valence-electron chi connectivity index (χ1n) is 8.23. The van der Waals surface area contributed by atoms with Crippen LogP contribution in [-0.2, 0) is 0 Å². The molecule has 1 aliphatic heterocycles. The van der Waals surface area contributed by atoms with Crippen LogP contribution in [0.3, 0.4) is 0 Å². The first kappa shape index (κ1) is 14.3. The molecule has 0 amide bonds. The molecule has 0 bridgehead atoms. The fourth-order valence-electron chi connectivity index (χ4n) is 3.62. The fourth-order valence-corrected chi connectivity index (χ4v) is 3.62. The Bertz CT molecular complexity index is 219. The van der Waals surface area contributed by atoms with Gasteiger partial charge < -0.3 is 10.2 Å². The Morgan fingerprint density at radius 3 is 2.61 bits per heavy atom. The highest BCUT2D eigenvalue weighted by atomic mass is 15.2. The number of hydrogen-bond donors (Lipinski definition) is 1. The number of nitrogens with zero attached hydrogens (tertiary/aromatic N) is 1. The van der Waals surface area contributed by atoms with Crippen LogP contribution in [0.25, 0.3) is 0 Å². The predicted molar refractivity (Wildman–Crippen MR) is 78.9 cm³/mol. The summed E-state index contributed by atoms with van der Waals surface area (Å²) in [5.41, 5.74) is 0. The maximum atomic E-state index is 3.65. The van der Waals surface area contributed by atoms with Gasteiger partial charge in [0.15, 0.2) is 0 Å². The molecule has 1 heterocycles. The van der Waals surface area contributed by atoms with Crippen LogP contribution in [-0.4, -0.2) is 37.1 Å². The van der Waals surface area contributed by atoms with Gasteiger partial charge in [0.05, 0.1) is 0 Å². The highest BCUT2D eigenvalue weighted by molar-refractivity contribution is 4.79. The number of rotatable bonds is 5. The van der Waals surface area contributed by atoms with Crippen LogP contribution in [0.5, 0.6) is 0 Å². The molecule has 18 heavy (non-hydrogen) atoms.